The van der Waals surface area contributed by atoms with Crippen molar-refractivity contribution in [2.24, 2.45) is 5.92 Å². The SMILES string of the molecule is C1CCC(N2CC3(CCCC3)NCC2C2CC2)CC1. The summed E-state index contributed by atoms with van der Waals surface area (Å²) < 4.78 is 0. The predicted octanol–water partition coefficient (Wildman–Crippen LogP) is 3.32. The molecule has 0 amide bonds. The summed E-state index contributed by atoms with van der Waals surface area (Å²) >= 11 is 0. The second-order valence-corrected chi connectivity index (χ2v) is 7.74. The fourth-order valence-corrected chi connectivity index (χ4v) is 5.08. The molecule has 0 radical (unpaired) electrons. The second kappa shape index (κ2) is 5.04. The van der Waals surface area contributed by atoms with Crippen molar-refractivity contribution in [1.82, 2.24) is 10.2 Å². The average Bonchev–Trinajstić information content (AvgIpc) is 3.21. The normalized spacial score (nSPS) is 36.9. The van der Waals surface area contributed by atoms with E-state index in [0.29, 0.717) is 5.54 Å². The molecule has 1 atom stereocenters. The lowest BCUT2D eigenvalue weighted by molar-refractivity contribution is 0.0191. The van der Waals surface area contributed by atoms with Crippen molar-refractivity contribution in [2.45, 2.75) is 88.3 Å². The lowest BCUT2D eigenvalue weighted by Gasteiger charge is -2.50. The van der Waals surface area contributed by atoms with Crippen LogP contribution in [0.3, 0.4) is 0 Å². The Morgan fingerprint density at radius 3 is 2.26 bits per heavy atom. The van der Waals surface area contributed by atoms with E-state index >= 15 is 0 Å². The highest BCUT2D eigenvalue weighted by Crippen LogP contribution is 2.42. The van der Waals surface area contributed by atoms with Gasteiger partial charge in [0.15, 0.2) is 0 Å². The summed E-state index contributed by atoms with van der Waals surface area (Å²) in [5.41, 5.74) is 0.517. The standard InChI is InChI=1S/C17H30N2/c1-2-6-15(7-3-1)19-13-17(10-4-5-11-17)18-12-16(19)14-8-9-14/h14-16,18H,1-13H2. The lowest BCUT2D eigenvalue weighted by atomic mass is 9.86. The van der Waals surface area contributed by atoms with Crippen LogP contribution in [0.4, 0.5) is 0 Å². The Labute approximate surface area is 118 Å². The largest absolute Gasteiger partial charge is 0.308 e. The zero-order valence-electron chi connectivity index (χ0n) is 12.4. The molecule has 0 aromatic heterocycles. The van der Waals surface area contributed by atoms with E-state index < -0.39 is 0 Å². The lowest BCUT2D eigenvalue weighted by Crippen LogP contribution is -2.66. The molecule has 3 aliphatic carbocycles. The van der Waals surface area contributed by atoms with Crippen molar-refractivity contribution in [3.05, 3.63) is 0 Å². The van der Waals surface area contributed by atoms with Crippen LogP contribution in [0, 0.1) is 5.92 Å². The first kappa shape index (κ1) is 12.6. The number of nitrogens with one attached hydrogen (secondary N) is 1. The first-order valence-electron chi connectivity index (χ1n) is 8.87. The molecule has 1 saturated heterocycles. The third-order valence-corrected chi connectivity index (χ3v) is 6.37. The van der Waals surface area contributed by atoms with Gasteiger partial charge in [-0.3, -0.25) is 4.90 Å². The van der Waals surface area contributed by atoms with E-state index in [0.717, 1.165) is 18.0 Å². The third-order valence-electron chi connectivity index (χ3n) is 6.37. The summed E-state index contributed by atoms with van der Waals surface area (Å²) in [6.45, 7) is 2.67. The van der Waals surface area contributed by atoms with Gasteiger partial charge in [0.05, 0.1) is 0 Å². The number of piperazine rings is 1. The van der Waals surface area contributed by atoms with Crippen LogP contribution >= 0.6 is 0 Å². The molecule has 0 bridgehead atoms. The van der Waals surface area contributed by atoms with Gasteiger partial charge in [0, 0.05) is 30.7 Å². The van der Waals surface area contributed by atoms with Crippen molar-refractivity contribution >= 4 is 0 Å². The number of hydrogen-bond donors (Lipinski definition) is 1. The summed E-state index contributed by atoms with van der Waals surface area (Å²) in [6, 6.07) is 1.81. The van der Waals surface area contributed by atoms with Crippen LogP contribution in [0.1, 0.15) is 70.6 Å². The molecular weight excluding hydrogens is 232 g/mol. The number of hydrogen-bond acceptors (Lipinski definition) is 2. The Morgan fingerprint density at radius 2 is 1.58 bits per heavy atom. The molecule has 4 fully saturated rings. The third kappa shape index (κ3) is 2.47. The van der Waals surface area contributed by atoms with Crippen LogP contribution < -0.4 is 5.32 Å². The van der Waals surface area contributed by atoms with Gasteiger partial charge in [-0.15, -0.1) is 0 Å². The zero-order valence-corrected chi connectivity index (χ0v) is 12.4. The highest BCUT2D eigenvalue weighted by molar-refractivity contribution is 5.05. The Hall–Kier alpha value is -0.0800. The van der Waals surface area contributed by atoms with Crippen LogP contribution in [0.15, 0.2) is 0 Å². The second-order valence-electron chi connectivity index (χ2n) is 7.74. The summed E-state index contributed by atoms with van der Waals surface area (Å²) in [4.78, 5) is 3.00. The summed E-state index contributed by atoms with van der Waals surface area (Å²) in [6.07, 6.45) is 16.2. The molecule has 108 valence electrons. The quantitative estimate of drug-likeness (QED) is 0.821. The van der Waals surface area contributed by atoms with E-state index in [9.17, 15) is 0 Å². The fraction of sp³-hybridized carbons (Fsp3) is 1.00. The molecule has 2 nitrogen and oxygen atoms in total. The van der Waals surface area contributed by atoms with E-state index in [4.69, 9.17) is 0 Å². The molecule has 1 unspecified atom stereocenters. The molecule has 1 spiro atoms. The first-order valence-corrected chi connectivity index (χ1v) is 8.87. The van der Waals surface area contributed by atoms with E-state index in [1.54, 1.807) is 0 Å². The molecule has 1 N–H and O–H groups in total. The Bertz CT molecular complexity index is 311. The van der Waals surface area contributed by atoms with Crippen molar-refractivity contribution < 1.29 is 0 Å². The van der Waals surface area contributed by atoms with Gasteiger partial charge >= 0.3 is 0 Å². The molecule has 19 heavy (non-hydrogen) atoms. The summed E-state index contributed by atoms with van der Waals surface area (Å²) in [5, 5.41) is 3.99. The molecule has 0 aromatic carbocycles. The Balaban J connectivity index is 1.51. The van der Waals surface area contributed by atoms with E-state index in [1.807, 2.05) is 0 Å². The maximum atomic E-state index is 3.99. The maximum Gasteiger partial charge on any atom is 0.0309 e. The van der Waals surface area contributed by atoms with Crippen molar-refractivity contribution in [1.29, 1.82) is 0 Å². The van der Waals surface area contributed by atoms with Crippen LogP contribution in [-0.2, 0) is 0 Å². The minimum Gasteiger partial charge on any atom is -0.308 e. The highest BCUT2D eigenvalue weighted by Gasteiger charge is 2.47. The summed E-state index contributed by atoms with van der Waals surface area (Å²) in [5.74, 6) is 1.04. The molecule has 1 aliphatic heterocycles. The van der Waals surface area contributed by atoms with E-state index in [-0.39, 0.29) is 0 Å². The Morgan fingerprint density at radius 1 is 0.842 bits per heavy atom. The fourth-order valence-electron chi connectivity index (χ4n) is 5.08. The molecule has 1 heterocycles. The monoisotopic (exact) mass is 262 g/mol. The van der Waals surface area contributed by atoms with Crippen LogP contribution in [0.2, 0.25) is 0 Å². The predicted molar refractivity (Wildman–Crippen MR) is 79.3 cm³/mol. The van der Waals surface area contributed by atoms with Crippen LogP contribution in [0.5, 0.6) is 0 Å². The van der Waals surface area contributed by atoms with Gasteiger partial charge in [-0.1, -0.05) is 32.1 Å². The molecule has 0 aromatic rings. The smallest absolute Gasteiger partial charge is 0.0309 e. The molecule has 3 saturated carbocycles. The van der Waals surface area contributed by atoms with Crippen molar-refractivity contribution in [2.75, 3.05) is 13.1 Å². The van der Waals surface area contributed by atoms with Gasteiger partial charge in [0.1, 0.15) is 0 Å². The maximum absolute atomic E-state index is 3.99. The minimum absolute atomic E-state index is 0.517. The van der Waals surface area contributed by atoms with Gasteiger partial charge in [-0.05, 0) is 44.4 Å². The topological polar surface area (TPSA) is 15.3 Å². The van der Waals surface area contributed by atoms with Crippen LogP contribution in [0.25, 0.3) is 0 Å². The summed E-state index contributed by atoms with van der Waals surface area (Å²) in [7, 11) is 0. The van der Waals surface area contributed by atoms with Crippen LogP contribution in [-0.4, -0.2) is 35.6 Å². The first-order chi connectivity index (χ1) is 9.36. The molecule has 2 heteroatoms. The average molecular weight is 262 g/mol. The molecule has 4 aliphatic rings. The van der Waals surface area contributed by atoms with E-state index in [2.05, 4.69) is 10.2 Å². The molecular formula is C17H30N2. The Kier molecular flexibility index (Phi) is 3.35. The van der Waals surface area contributed by atoms with Crippen molar-refractivity contribution in [3.63, 3.8) is 0 Å². The van der Waals surface area contributed by atoms with E-state index in [1.165, 1.54) is 83.7 Å². The minimum atomic E-state index is 0.517. The number of nitrogens with zero attached hydrogens (tertiary/aromatic N) is 1. The van der Waals surface area contributed by atoms with Gasteiger partial charge in [0.2, 0.25) is 0 Å². The van der Waals surface area contributed by atoms with Gasteiger partial charge < -0.3 is 5.32 Å². The van der Waals surface area contributed by atoms with Gasteiger partial charge in [0.25, 0.3) is 0 Å². The van der Waals surface area contributed by atoms with Gasteiger partial charge in [-0.2, -0.15) is 0 Å². The highest BCUT2D eigenvalue weighted by atomic mass is 15.3. The van der Waals surface area contributed by atoms with Crippen molar-refractivity contribution in [3.8, 4) is 0 Å². The molecule has 4 rings (SSSR count). The van der Waals surface area contributed by atoms with Gasteiger partial charge in [-0.25, -0.2) is 0 Å². The number of rotatable bonds is 2. The zero-order chi connectivity index (χ0) is 12.7.